The van der Waals surface area contributed by atoms with E-state index in [0.717, 1.165) is 22.1 Å². The number of aryl methyl sites for hydroxylation is 1. The molecule has 0 bridgehead atoms. The van der Waals surface area contributed by atoms with Crippen molar-refractivity contribution in [1.82, 2.24) is 19.6 Å². The molecule has 1 aliphatic heterocycles. The number of aromatic nitrogens is 4. The van der Waals surface area contributed by atoms with Crippen LogP contribution in [0.3, 0.4) is 0 Å². The normalized spacial score (nSPS) is 22.1. The van der Waals surface area contributed by atoms with Gasteiger partial charge in [-0.2, -0.15) is 23.4 Å². The molecule has 0 saturated carbocycles. The second-order valence-electron chi connectivity index (χ2n) is 7.92. The van der Waals surface area contributed by atoms with Gasteiger partial charge in [0, 0.05) is 17.9 Å². The molecule has 170 valence electrons. The Kier molecular flexibility index (Phi) is 5.79. The van der Waals surface area contributed by atoms with Crippen molar-refractivity contribution >= 4 is 17.3 Å². The number of alkyl halides is 3. The summed E-state index contributed by atoms with van der Waals surface area (Å²) < 4.78 is 55.6. The second kappa shape index (κ2) is 8.40. The number of carbonyl (C=O) groups excluding carboxylic acids is 1. The summed E-state index contributed by atoms with van der Waals surface area (Å²) in [5.74, 6) is -0.701. The van der Waals surface area contributed by atoms with Crippen molar-refractivity contribution in [2.75, 3.05) is 11.4 Å². The maximum absolute atomic E-state index is 13.7. The lowest BCUT2D eigenvalue weighted by molar-refractivity contribution is -0.141. The van der Waals surface area contributed by atoms with Gasteiger partial charge in [0.25, 0.3) is 5.91 Å². The van der Waals surface area contributed by atoms with Crippen LogP contribution in [-0.4, -0.2) is 32.0 Å². The molecule has 2 aliphatic rings. The van der Waals surface area contributed by atoms with Crippen molar-refractivity contribution in [3.8, 4) is 0 Å². The van der Waals surface area contributed by atoms with Crippen LogP contribution in [0, 0.1) is 6.92 Å². The molecule has 3 heterocycles. The van der Waals surface area contributed by atoms with Crippen molar-refractivity contribution in [1.29, 1.82) is 0 Å². The number of hydrogen-bond acceptors (Lipinski definition) is 3. The van der Waals surface area contributed by atoms with E-state index in [0.29, 0.717) is 37.9 Å². The summed E-state index contributed by atoms with van der Waals surface area (Å²) in [5, 5.41) is 8.07. The molecule has 1 amide bonds. The number of allylic oxidation sites excluding steroid dienone is 6. The highest BCUT2D eigenvalue weighted by Gasteiger charge is 2.37. The van der Waals surface area contributed by atoms with E-state index in [1.165, 1.54) is 19.1 Å². The van der Waals surface area contributed by atoms with E-state index in [9.17, 15) is 22.4 Å². The Labute approximate surface area is 182 Å². The van der Waals surface area contributed by atoms with E-state index in [1.54, 1.807) is 34.9 Å². The Morgan fingerprint density at radius 3 is 2.72 bits per heavy atom. The summed E-state index contributed by atoms with van der Waals surface area (Å²) in [5.41, 5.74) is 1.50. The topological polar surface area (TPSA) is 56.0 Å². The molecule has 0 saturated heterocycles. The summed E-state index contributed by atoms with van der Waals surface area (Å²) >= 11 is 0. The van der Waals surface area contributed by atoms with Crippen LogP contribution in [0.1, 0.15) is 49.3 Å². The summed E-state index contributed by atoms with van der Waals surface area (Å²) in [7, 11) is 0. The molecule has 4 rings (SSSR count). The van der Waals surface area contributed by atoms with Crippen molar-refractivity contribution in [2.45, 2.75) is 51.7 Å². The van der Waals surface area contributed by atoms with Gasteiger partial charge in [0.1, 0.15) is 11.9 Å². The lowest BCUT2D eigenvalue weighted by Gasteiger charge is -2.30. The fourth-order valence-electron chi connectivity index (χ4n) is 4.09. The summed E-state index contributed by atoms with van der Waals surface area (Å²) in [6, 6.07) is 0.0224. The third kappa shape index (κ3) is 4.13. The number of carbonyl (C=O) groups is 1. The number of hydrogen-bond donors (Lipinski definition) is 0. The van der Waals surface area contributed by atoms with Gasteiger partial charge in [0.2, 0.25) is 0 Å². The van der Waals surface area contributed by atoms with Crippen LogP contribution < -0.4 is 4.90 Å². The maximum atomic E-state index is 13.7. The van der Waals surface area contributed by atoms with Gasteiger partial charge in [0.05, 0.1) is 17.6 Å². The first kappa shape index (κ1) is 22.0. The van der Waals surface area contributed by atoms with Crippen LogP contribution in [0.5, 0.6) is 0 Å². The van der Waals surface area contributed by atoms with Crippen molar-refractivity contribution in [3.05, 3.63) is 59.5 Å². The molecular formula is C22H23F4N5O. The first-order valence-corrected chi connectivity index (χ1v) is 10.4. The van der Waals surface area contributed by atoms with E-state index in [1.807, 2.05) is 0 Å². The number of halogens is 4. The van der Waals surface area contributed by atoms with E-state index >= 15 is 0 Å². The number of rotatable bonds is 3. The highest BCUT2D eigenvalue weighted by Crippen LogP contribution is 2.33. The van der Waals surface area contributed by atoms with Gasteiger partial charge in [-0.3, -0.25) is 9.48 Å². The minimum Gasteiger partial charge on any atom is -0.307 e. The summed E-state index contributed by atoms with van der Waals surface area (Å²) in [4.78, 5) is 14.8. The monoisotopic (exact) mass is 449 g/mol. The Morgan fingerprint density at radius 1 is 1.22 bits per heavy atom. The number of amides is 1. The smallest absolute Gasteiger partial charge is 0.307 e. The summed E-state index contributed by atoms with van der Waals surface area (Å²) in [6.07, 6.45) is 5.94. The van der Waals surface area contributed by atoms with Crippen LogP contribution in [0.15, 0.2) is 42.4 Å². The SMILES string of the molecule is Cc1cc(C(F)(F)F)nn1C(C)C(=O)N1CCCc2c1cnn2/C1=C/C=C(F)\C=C/CC1. The highest BCUT2D eigenvalue weighted by molar-refractivity contribution is 5.96. The van der Waals surface area contributed by atoms with Crippen molar-refractivity contribution in [2.24, 2.45) is 0 Å². The minimum atomic E-state index is -4.58. The predicted molar refractivity (Wildman–Crippen MR) is 111 cm³/mol. The zero-order chi connectivity index (χ0) is 23.0. The third-order valence-electron chi connectivity index (χ3n) is 5.69. The summed E-state index contributed by atoms with van der Waals surface area (Å²) in [6.45, 7) is 3.47. The number of fused-ring (bicyclic) bond motifs is 1. The van der Waals surface area contributed by atoms with Gasteiger partial charge in [-0.1, -0.05) is 6.08 Å². The van der Waals surface area contributed by atoms with Gasteiger partial charge >= 0.3 is 6.18 Å². The molecule has 0 radical (unpaired) electrons. The first-order chi connectivity index (χ1) is 15.2. The Balaban J connectivity index is 1.63. The standard InChI is InChI=1S/C22H23F4N5O/c1-14-12-20(22(24,25)26)28-30(14)15(2)21(32)29-11-5-8-18-19(29)13-27-31(18)17-7-4-3-6-16(23)9-10-17/h3,6,9-10,12-13,15H,4-5,7-8,11H2,1-2H3/b6-3-,16-9+,17-10+. The van der Waals surface area contributed by atoms with Gasteiger partial charge in [-0.15, -0.1) is 0 Å². The molecule has 10 heteroatoms. The van der Waals surface area contributed by atoms with Crippen LogP contribution in [0.25, 0.3) is 5.70 Å². The van der Waals surface area contributed by atoms with E-state index in [-0.39, 0.29) is 17.4 Å². The minimum absolute atomic E-state index is 0.257. The molecule has 6 nitrogen and oxygen atoms in total. The molecule has 0 fully saturated rings. The molecular weight excluding hydrogens is 426 g/mol. The van der Waals surface area contributed by atoms with Gasteiger partial charge in [0.15, 0.2) is 5.69 Å². The van der Waals surface area contributed by atoms with Crippen molar-refractivity contribution in [3.63, 3.8) is 0 Å². The largest absolute Gasteiger partial charge is 0.435 e. The fraction of sp³-hybridized carbons (Fsp3) is 0.409. The highest BCUT2D eigenvalue weighted by atomic mass is 19.4. The Morgan fingerprint density at radius 2 is 2.00 bits per heavy atom. The lowest BCUT2D eigenvalue weighted by atomic mass is 10.1. The zero-order valence-electron chi connectivity index (χ0n) is 17.7. The van der Waals surface area contributed by atoms with Crippen molar-refractivity contribution < 1.29 is 22.4 Å². The quantitative estimate of drug-likeness (QED) is 0.621. The van der Waals surface area contributed by atoms with Crippen LogP contribution in [0.2, 0.25) is 0 Å². The number of nitrogens with zero attached hydrogens (tertiary/aromatic N) is 5. The van der Waals surface area contributed by atoms with Gasteiger partial charge in [-0.05, 0) is 63.8 Å². The zero-order valence-corrected chi connectivity index (χ0v) is 17.7. The van der Waals surface area contributed by atoms with Crippen LogP contribution >= 0.6 is 0 Å². The first-order valence-electron chi connectivity index (χ1n) is 10.4. The van der Waals surface area contributed by atoms with Crippen LogP contribution in [-0.2, 0) is 17.4 Å². The molecule has 1 unspecified atom stereocenters. The average Bonchev–Trinajstić information content (AvgIpc) is 3.34. The lowest BCUT2D eigenvalue weighted by Crippen LogP contribution is -2.40. The molecule has 1 atom stereocenters. The predicted octanol–water partition coefficient (Wildman–Crippen LogP) is 4.99. The number of anilines is 1. The second-order valence-corrected chi connectivity index (χ2v) is 7.92. The average molecular weight is 449 g/mol. The molecule has 0 spiro atoms. The Hall–Kier alpha value is -3.17. The fourth-order valence-corrected chi connectivity index (χ4v) is 4.09. The van der Waals surface area contributed by atoms with Gasteiger partial charge < -0.3 is 4.90 Å². The molecule has 32 heavy (non-hydrogen) atoms. The molecule has 0 aromatic carbocycles. The third-order valence-corrected chi connectivity index (χ3v) is 5.69. The molecule has 0 N–H and O–H groups in total. The molecule has 1 aliphatic carbocycles. The van der Waals surface area contributed by atoms with Crippen LogP contribution in [0.4, 0.5) is 23.2 Å². The van der Waals surface area contributed by atoms with E-state index < -0.39 is 17.9 Å². The Bertz CT molecular complexity index is 1120. The molecule has 2 aromatic rings. The van der Waals surface area contributed by atoms with E-state index in [2.05, 4.69) is 10.2 Å². The maximum Gasteiger partial charge on any atom is 0.435 e. The molecule has 2 aromatic heterocycles. The van der Waals surface area contributed by atoms with Gasteiger partial charge in [-0.25, -0.2) is 9.07 Å². The van der Waals surface area contributed by atoms with E-state index in [4.69, 9.17) is 0 Å².